The second kappa shape index (κ2) is 5.41. The first-order valence-corrected chi connectivity index (χ1v) is 7.15. The molecule has 3 rings (SSSR count). The molecule has 98 valence electrons. The molecule has 5 heteroatoms. The molecule has 0 spiro atoms. The van der Waals surface area contributed by atoms with Crippen LogP contribution < -0.4 is 10.2 Å². The largest absolute Gasteiger partial charge is 0.353 e. The van der Waals surface area contributed by atoms with Gasteiger partial charge in [0.2, 0.25) is 0 Å². The van der Waals surface area contributed by atoms with E-state index in [4.69, 9.17) is 11.6 Å². The molecular weight excluding hydrogens is 248 g/mol. The molecule has 0 aromatic carbocycles. The predicted octanol–water partition coefficient (Wildman–Crippen LogP) is 2.10. The van der Waals surface area contributed by atoms with Gasteiger partial charge in [-0.15, -0.1) is 0 Å². The summed E-state index contributed by atoms with van der Waals surface area (Å²) in [7, 11) is 0. The van der Waals surface area contributed by atoms with Crippen LogP contribution in [0.25, 0.3) is 0 Å². The highest BCUT2D eigenvalue weighted by Gasteiger charge is 2.27. The van der Waals surface area contributed by atoms with Crippen molar-refractivity contribution in [1.29, 1.82) is 0 Å². The Labute approximate surface area is 113 Å². The minimum Gasteiger partial charge on any atom is -0.353 e. The number of halogens is 1. The van der Waals surface area contributed by atoms with Crippen molar-refractivity contribution in [2.45, 2.75) is 31.7 Å². The summed E-state index contributed by atoms with van der Waals surface area (Å²) in [5.74, 6) is 1.76. The third kappa shape index (κ3) is 3.12. The molecule has 1 saturated heterocycles. The topological polar surface area (TPSA) is 41.1 Å². The minimum absolute atomic E-state index is 0.479. The summed E-state index contributed by atoms with van der Waals surface area (Å²) in [5.41, 5.74) is 0. The van der Waals surface area contributed by atoms with Crippen LogP contribution in [0, 0.1) is 5.92 Å². The van der Waals surface area contributed by atoms with Crippen molar-refractivity contribution in [2.75, 3.05) is 24.5 Å². The molecule has 0 amide bonds. The smallest absolute Gasteiger partial charge is 0.149 e. The maximum atomic E-state index is 5.94. The second-order valence-corrected chi connectivity index (χ2v) is 5.73. The van der Waals surface area contributed by atoms with Gasteiger partial charge in [-0.2, -0.15) is 0 Å². The van der Waals surface area contributed by atoms with E-state index in [-0.39, 0.29) is 0 Å². The van der Waals surface area contributed by atoms with Crippen LogP contribution in [0.1, 0.15) is 25.7 Å². The van der Waals surface area contributed by atoms with Crippen LogP contribution in [0.15, 0.2) is 12.4 Å². The van der Waals surface area contributed by atoms with Crippen LogP contribution in [0.2, 0.25) is 5.15 Å². The number of aromatic nitrogens is 2. The van der Waals surface area contributed by atoms with Crippen molar-refractivity contribution < 1.29 is 0 Å². The van der Waals surface area contributed by atoms with Gasteiger partial charge in [0.05, 0.1) is 12.4 Å². The van der Waals surface area contributed by atoms with Gasteiger partial charge in [0.15, 0.2) is 0 Å². The van der Waals surface area contributed by atoms with Gasteiger partial charge in [0, 0.05) is 19.1 Å². The Kier molecular flexibility index (Phi) is 3.66. The summed E-state index contributed by atoms with van der Waals surface area (Å²) in [6.07, 6.45) is 8.65. The first-order valence-electron chi connectivity index (χ1n) is 6.77. The fourth-order valence-electron chi connectivity index (χ4n) is 2.54. The first kappa shape index (κ1) is 12.2. The van der Waals surface area contributed by atoms with Crippen molar-refractivity contribution in [3.63, 3.8) is 0 Å². The Morgan fingerprint density at radius 2 is 2.17 bits per heavy atom. The molecule has 0 bridgehead atoms. The molecule has 2 heterocycles. The lowest BCUT2D eigenvalue weighted by molar-refractivity contribution is 0.566. The Balaban J connectivity index is 1.70. The molecular formula is C13H19ClN4. The average molecular weight is 267 g/mol. The van der Waals surface area contributed by atoms with Crippen LogP contribution in [0.5, 0.6) is 0 Å². The zero-order valence-corrected chi connectivity index (χ0v) is 11.2. The fraction of sp³-hybridized carbons (Fsp3) is 0.692. The number of nitrogens with zero attached hydrogens (tertiary/aromatic N) is 3. The van der Waals surface area contributed by atoms with Gasteiger partial charge in [0.25, 0.3) is 0 Å². The molecule has 1 aliphatic carbocycles. The summed E-state index contributed by atoms with van der Waals surface area (Å²) >= 11 is 5.94. The van der Waals surface area contributed by atoms with Crippen LogP contribution in [0.4, 0.5) is 5.82 Å². The molecule has 4 nitrogen and oxygen atoms in total. The molecule has 1 unspecified atom stereocenters. The van der Waals surface area contributed by atoms with E-state index in [0.717, 1.165) is 31.4 Å². The molecule has 1 N–H and O–H groups in total. The van der Waals surface area contributed by atoms with Gasteiger partial charge >= 0.3 is 0 Å². The molecule has 2 fully saturated rings. The van der Waals surface area contributed by atoms with Crippen molar-refractivity contribution in [1.82, 2.24) is 15.3 Å². The van der Waals surface area contributed by atoms with Crippen molar-refractivity contribution in [3.05, 3.63) is 17.5 Å². The van der Waals surface area contributed by atoms with Crippen LogP contribution in [-0.2, 0) is 0 Å². The monoisotopic (exact) mass is 266 g/mol. The first-order chi connectivity index (χ1) is 8.81. The molecule has 1 aromatic rings. The highest BCUT2D eigenvalue weighted by Crippen LogP contribution is 2.31. The third-order valence-electron chi connectivity index (χ3n) is 3.70. The van der Waals surface area contributed by atoms with Crippen LogP contribution >= 0.6 is 11.6 Å². The number of nitrogens with one attached hydrogen (secondary N) is 1. The van der Waals surface area contributed by atoms with E-state index in [1.165, 1.54) is 25.7 Å². The highest BCUT2D eigenvalue weighted by molar-refractivity contribution is 6.29. The van der Waals surface area contributed by atoms with E-state index in [1.54, 1.807) is 6.20 Å². The summed E-state index contributed by atoms with van der Waals surface area (Å²) in [5, 5.41) is 4.02. The van der Waals surface area contributed by atoms with Gasteiger partial charge in [-0.3, -0.25) is 4.98 Å². The fourth-order valence-corrected chi connectivity index (χ4v) is 2.68. The lowest BCUT2D eigenvalue weighted by Gasteiger charge is -2.26. The molecule has 1 atom stereocenters. The molecule has 1 aliphatic heterocycles. The molecule has 0 radical (unpaired) electrons. The standard InChI is InChI=1S/C13H19ClN4/c14-12-6-15-7-13(17-12)18(8-10-3-4-10)9-11-2-1-5-16-11/h6-7,10-11,16H,1-5,8-9H2. The van der Waals surface area contributed by atoms with E-state index in [1.807, 2.05) is 6.20 Å². The second-order valence-electron chi connectivity index (χ2n) is 5.34. The zero-order chi connectivity index (χ0) is 12.4. The maximum Gasteiger partial charge on any atom is 0.149 e. The Hall–Kier alpha value is -0.870. The van der Waals surface area contributed by atoms with Gasteiger partial charge in [0.1, 0.15) is 11.0 Å². The summed E-state index contributed by atoms with van der Waals surface area (Å²) in [4.78, 5) is 10.9. The van der Waals surface area contributed by atoms with E-state index < -0.39 is 0 Å². The average Bonchev–Trinajstić information content (AvgIpc) is 3.03. The van der Waals surface area contributed by atoms with Crippen molar-refractivity contribution in [2.24, 2.45) is 5.92 Å². The van der Waals surface area contributed by atoms with Gasteiger partial charge in [-0.05, 0) is 38.1 Å². The Morgan fingerprint density at radius 3 is 2.83 bits per heavy atom. The van der Waals surface area contributed by atoms with E-state index in [2.05, 4.69) is 20.2 Å². The quantitative estimate of drug-likeness (QED) is 0.886. The van der Waals surface area contributed by atoms with E-state index in [9.17, 15) is 0 Å². The Bertz CT molecular complexity index is 402. The molecule has 18 heavy (non-hydrogen) atoms. The van der Waals surface area contributed by atoms with E-state index in [0.29, 0.717) is 11.2 Å². The van der Waals surface area contributed by atoms with Gasteiger partial charge in [-0.25, -0.2) is 4.98 Å². The normalized spacial score (nSPS) is 23.3. The number of rotatable bonds is 5. The maximum absolute atomic E-state index is 5.94. The van der Waals surface area contributed by atoms with Crippen LogP contribution in [0.3, 0.4) is 0 Å². The summed E-state index contributed by atoms with van der Waals surface area (Å²) in [6, 6.07) is 0.588. The van der Waals surface area contributed by atoms with Gasteiger partial charge < -0.3 is 10.2 Å². The summed E-state index contributed by atoms with van der Waals surface area (Å²) < 4.78 is 0. The van der Waals surface area contributed by atoms with Crippen molar-refractivity contribution >= 4 is 17.4 Å². The molecule has 1 aromatic heterocycles. The zero-order valence-electron chi connectivity index (χ0n) is 10.5. The summed E-state index contributed by atoms with van der Waals surface area (Å²) in [6.45, 7) is 3.25. The van der Waals surface area contributed by atoms with Gasteiger partial charge in [-0.1, -0.05) is 11.6 Å². The lowest BCUT2D eigenvalue weighted by Crippen LogP contribution is -2.39. The highest BCUT2D eigenvalue weighted by atomic mass is 35.5. The van der Waals surface area contributed by atoms with E-state index >= 15 is 0 Å². The predicted molar refractivity (Wildman–Crippen MR) is 73.0 cm³/mol. The Morgan fingerprint density at radius 1 is 1.28 bits per heavy atom. The molecule has 1 saturated carbocycles. The number of hydrogen-bond donors (Lipinski definition) is 1. The van der Waals surface area contributed by atoms with Crippen molar-refractivity contribution in [3.8, 4) is 0 Å². The lowest BCUT2D eigenvalue weighted by atomic mass is 10.2. The molecule has 2 aliphatic rings. The third-order valence-corrected chi connectivity index (χ3v) is 3.88. The number of anilines is 1. The minimum atomic E-state index is 0.479. The SMILES string of the molecule is Clc1cncc(N(CC2CC2)CC2CCCN2)n1. The van der Waals surface area contributed by atoms with Crippen LogP contribution in [-0.4, -0.2) is 35.6 Å². The number of hydrogen-bond acceptors (Lipinski definition) is 4.